The Morgan fingerprint density at radius 1 is 1.29 bits per heavy atom. The Labute approximate surface area is 125 Å². The Morgan fingerprint density at radius 2 is 2.14 bits per heavy atom. The molecule has 0 spiro atoms. The third-order valence-electron chi connectivity index (χ3n) is 4.00. The maximum atomic E-state index is 12.6. The van der Waals surface area contributed by atoms with Gasteiger partial charge in [0, 0.05) is 31.0 Å². The molecular formula is C18H20N2O. The van der Waals surface area contributed by atoms with E-state index in [0.29, 0.717) is 12.3 Å². The van der Waals surface area contributed by atoms with E-state index in [1.807, 2.05) is 29.3 Å². The van der Waals surface area contributed by atoms with Gasteiger partial charge in [0.15, 0.2) is 0 Å². The van der Waals surface area contributed by atoms with Crippen LogP contribution in [-0.4, -0.2) is 17.4 Å². The highest BCUT2D eigenvalue weighted by Crippen LogP contribution is 2.29. The first-order valence-electron chi connectivity index (χ1n) is 7.51. The lowest BCUT2D eigenvalue weighted by Crippen LogP contribution is -2.39. The highest BCUT2D eigenvalue weighted by Gasteiger charge is 2.25. The molecule has 0 saturated heterocycles. The first-order valence-corrected chi connectivity index (χ1v) is 7.51. The zero-order valence-electron chi connectivity index (χ0n) is 12.3. The summed E-state index contributed by atoms with van der Waals surface area (Å²) in [5.41, 5.74) is 3.49. The molecule has 0 aliphatic carbocycles. The van der Waals surface area contributed by atoms with Crippen molar-refractivity contribution in [1.29, 1.82) is 0 Å². The van der Waals surface area contributed by atoms with Crippen LogP contribution in [0.1, 0.15) is 24.5 Å². The van der Waals surface area contributed by atoms with Gasteiger partial charge in [-0.05, 0) is 42.0 Å². The Morgan fingerprint density at radius 3 is 2.95 bits per heavy atom. The summed E-state index contributed by atoms with van der Waals surface area (Å²) in [5.74, 6) is 0.722. The molecule has 0 fully saturated rings. The van der Waals surface area contributed by atoms with Gasteiger partial charge in [0.05, 0.1) is 0 Å². The number of aromatic nitrogens is 1. The summed E-state index contributed by atoms with van der Waals surface area (Å²) >= 11 is 0. The maximum absolute atomic E-state index is 12.6. The van der Waals surface area contributed by atoms with Crippen molar-refractivity contribution in [1.82, 2.24) is 4.98 Å². The summed E-state index contributed by atoms with van der Waals surface area (Å²) < 4.78 is 0. The molecule has 3 rings (SSSR count). The number of fused-ring (bicyclic) bond motifs is 1. The van der Waals surface area contributed by atoms with Crippen molar-refractivity contribution >= 4 is 11.6 Å². The number of nitrogens with zero attached hydrogens (tertiary/aromatic N) is 2. The summed E-state index contributed by atoms with van der Waals surface area (Å²) in [6.07, 6.45) is 5.93. The normalized spacial score (nSPS) is 17.4. The number of rotatable bonds is 3. The third-order valence-corrected chi connectivity index (χ3v) is 4.00. The third kappa shape index (κ3) is 3.13. The smallest absolute Gasteiger partial charge is 0.227 e. The molecule has 2 heterocycles. The molecule has 1 amide bonds. The zero-order chi connectivity index (χ0) is 14.7. The zero-order valence-corrected chi connectivity index (χ0v) is 12.3. The van der Waals surface area contributed by atoms with E-state index in [1.165, 1.54) is 5.56 Å². The second-order valence-electron chi connectivity index (χ2n) is 5.80. The Bertz CT molecular complexity index is 624. The molecule has 1 atom stereocenters. The molecular weight excluding hydrogens is 260 g/mol. The number of pyridine rings is 1. The monoisotopic (exact) mass is 280 g/mol. The number of hydrogen-bond acceptors (Lipinski definition) is 2. The van der Waals surface area contributed by atoms with Crippen molar-refractivity contribution < 1.29 is 4.79 Å². The number of hydrogen-bond donors (Lipinski definition) is 0. The lowest BCUT2D eigenvalue weighted by atomic mass is 9.93. The van der Waals surface area contributed by atoms with Crippen molar-refractivity contribution in [3.63, 3.8) is 0 Å². The molecule has 1 aliphatic rings. The quantitative estimate of drug-likeness (QED) is 0.864. The van der Waals surface area contributed by atoms with E-state index in [1.54, 1.807) is 6.20 Å². The fourth-order valence-corrected chi connectivity index (χ4v) is 2.97. The van der Waals surface area contributed by atoms with E-state index in [0.717, 1.165) is 30.6 Å². The summed E-state index contributed by atoms with van der Waals surface area (Å²) in [7, 11) is 0. The van der Waals surface area contributed by atoms with Crippen LogP contribution in [0.2, 0.25) is 0 Å². The molecule has 1 aromatic carbocycles. The van der Waals surface area contributed by atoms with Crippen LogP contribution >= 0.6 is 0 Å². The molecule has 0 N–H and O–H groups in total. The molecule has 108 valence electrons. The van der Waals surface area contributed by atoms with E-state index >= 15 is 0 Å². The van der Waals surface area contributed by atoms with Crippen LogP contribution in [0.4, 0.5) is 5.69 Å². The number of amides is 1. The second kappa shape index (κ2) is 6.08. The van der Waals surface area contributed by atoms with Crippen molar-refractivity contribution in [2.45, 2.75) is 26.2 Å². The van der Waals surface area contributed by atoms with E-state index in [-0.39, 0.29) is 5.91 Å². The SMILES string of the molecule is C[C@H]1Cc2ccccc2N(C(=O)CCc2cccnc2)C1. The van der Waals surface area contributed by atoms with Crippen molar-refractivity contribution in [3.05, 3.63) is 59.9 Å². The lowest BCUT2D eigenvalue weighted by Gasteiger charge is -2.33. The summed E-state index contributed by atoms with van der Waals surface area (Å²) in [6.45, 7) is 3.03. The van der Waals surface area contributed by atoms with Crippen molar-refractivity contribution in [2.24, 2.45) is 5.92 Å². The summed E-state index contributed by atoms with van der Waals surface area (Å²) in [6, 6.07) is 12.2. The summed E-state index contributed by atoms with van der Waals surface area (Å²) in [4.78, 5) is 18.6. The number of para-hydroxylation sites is 1. The minimum atomic E-state index is 0.206. The van der Waals surface area contributed by atoms with Gasteiger partial charge in [0.25, 0.3) is 0 Å². The molecule has 2 aromatic rings. The second-order valence-corrected chi connectivity index (χ2v) is 5.80. The largest absolute Gasteiger partial charge is 0.312 e. The molecule has 0 unspecified atom stereocenters. The topological polar surface area (TPSA) is 33.2 Å². The first kappa shape index (κ1) is 13.8. The van der Waals surface area contributed by atoms with Gasteiger partial charge in [-0.2, -0.15) is 0 Å². The van der Waals surface area contributed by atoms with Crippen molar-refractivity contribution in [2.75, 3.05) is 11.4 Å². The number of anilines is 1. The predicted molar refractivity (Wildman–Crippen MR) is 84.2 cm³/mol. The van der Waals surface area contributed by atoms with Gasteiger partial charge in [-0.15, -0.1) is 0 Å². The molecule has 0 bridgehead atoms. The van der Waals surface area contributed by atoms with Crippen LogP contribution in [0.15, 0.2) is 48.8 Å². The van der Waals surface area contributed by atoms with E-state index in [2.05, 4.69) is 30.1 Å². The standard InChI is InChI=1S/C18H20N2O/c1-14-11-16-6-2-3-7-17(16)20(13-14)18(21)9-8-15-5-4-10-19-12-15/h2-7,10,12,14H,8-9,11,13H2,1H3/t14-/m0/s1. The minimum absolute atomic E-state index is 0.206. The van der Waals surface area contributed by atoms with Crippen LogP contribution < -0.4 is 4.90 Å². The van der Waals surface area contributed by atoms with Crippen molar-refractivity contribution in [3.8, 4) is 0 Å². The van der Waals surface area contributed by atoms with Gasteiger partial charge in [-0.3, -0.25) is 9.78 Å². The van der Waals surface area contributed by atoms with Gasteiger partial charge >= 0.3 is 0 Å². The molecule has 21 heavy (non-hydrogen) atoms. The van der Waals surface area contributed by atoms with Crippen LogP contribution in [0.25, 0.3) is 0 Å². The lowest BCUT2D eigenvalue weighted by molar-refractivity contribution is -0.118. The van der Waals surface area contributed by atoms with Gasteiger partial charge in [0.1, 0.15) is 0 Å². The Kier molecular flexibility index (Phi) is 4.00. The van der Waals surface area contributed by atoms with Gasteiger partial charge in [-0.1, -0.05) is 31.2 Å². The van der Waals surface area contributed by atoms with Crippen LogP contribution in [0.3, 0.4) is 0 Å². The average molecular weight is 280 g/mol. The molecule has 1 aliphatic heterocycles. The van der Waals surface area contributed by atoms with Crippen LogP contribution in [0.5, 0.6) is 0 Å². The van der Waals surface area contributed by atoms with Gasteiger partial charge in [-0.25, -0.2) is 0 Å². The van der Waals surface area contributed by atoms with Crippen LogP contribution in [0, 0.1) is 5.92 Å². The first-order chi connectivity index (χ1) is 10.2. The number of carbonyl (C=O) groups excluding carboxylic acids is 1. The summed E-state index contributed by atoms with van der Waals surface area (Å²) in [5, 5.41) is 0. The number of aryl methyl sites for hydroxylation is 1. The molecule has 0 saturated carbocycles. The average Bonchev–Trinajstić information content (AvgIpc) is 2.52. The molecule has 3 nitrogen and oxygen atoms in total. The van der Waals surface area contributed by atoms with E-state index in [9.17, 15) is 4.79 Å². The fourth-order valence-electron chi connectivity index (χ4n) is 2.97. The minimum Gasteiger partial charge on any atom is -0.312 e. The molecule has 0 radical (unpaired) electrons. The van der Waals surface area contributed by atoms with Gasteiger partial charge < -0.3 is 4.90 Å². The van der Waals surface area contributed by atoms with Crippen LogP contribution in [-0.2, 0) is 17.6 Å². The Hall–Kier alpha value is -2.16. The predicted octanol–water partition coefficient (Wildman–Crippen LogP) is 3.24. The number of carbonyl (C=O) groups is 1. The maximum Gasteiger partial charge on any atom is 0.227 e. The van der Waals surface area contributed by atoms with E-state index in [4.69, 9.17) is 0 Å². The molecule has 1 aromatic heterocycles. The fraction of sp³-hybridized carbons (Fsp3) is 0.333. The van der Waals surface area contributed by atoms with Gasteiger partial charge in [0.2, 0.25) is 5.91 Å². The van der Waals surface area contributed by atoms with E-state index < -0.39 is 0 Å². The highest BCUT2D eigenvalue weighted by atomic mass is 16.2. The Balaban J connectivity index is 1.73. The number of benzene rings is 1. The molecule has 3 heteroatoms. The highest BCUT2D eigenvalue weighted by molar-refractivity contribution is 5.94.